The molecule has 19 heavy (non-hydrogen) atoms. The second-order valence-electron chi connectivity index (χ2n) is 4.87. The summed E-state index contributed by atoms with van der Waals surface area (Å²) in [6, 6.07) is 5.62. The maximum Gasteiger partial charge on any atom is 0.258 e. The van der Waals surface area contributed by atoms with E-state index in [-0.39, 0.29) is 18.6 Å². The Morgan fingerprint density at radius 3 is 2.63 bits per heavy atom. The molecular weight excluding hydrogens is 242 g/mol. The van der Waals surface area contributed by atoms with E-state index < -0.39 is 6.10 Å². The molecule has 4 heteroatoms. The van der Waals surface area contributed by atoms with Crippen LogP contribution in [-0.2, 0) is 4.79 Å². The lowest BCUT2D eigenvalue weighted by Gasteiger charge is -2.14. The van der Waals surface area contributed by atoms with Gasteiger partial charge in [0.1, 0.15) is 5.75 Å². The SMILES string of the molecule is CCC(C)NC(=O)COc1ccc([C@H](C)O)cc1C. The molecule has 106 valence electrons. The molecule has 1 aromatic rings. The van der Waals surface area contributed by atoms with Crippen molar-refractivity contribution in [2.45, 2.75) is 46.3 Å². The van der Waals surface area contributed by atoms with E-state index in [9.17, 15) is 9.90 Å². The lowest BCUT2D eigenvalue weighted by molar-refractivity contribution is -0.123. The summed E-state index contributed by atoms with van der Waals surface area (Å²) in [7, 11) is 0. The van der Waals surface area contributed by atoms with Gasteiger partial charge in [-0.2, -0.15) is 0 Å². The molecule has 0 radical (unpaired) electrons. The summed E-state index contributed by atoms with van der Waals surface area (Å²) in [6.45, 7) is 7.60. The van der Waals surface area contributed by atoms with Gasteiger partial charge in [0.25, 0.3) is 5.91 Å². The zero-order valence-electron chi connectivity index (χ0n) is 12.1. The average molecular weight is 265 g/mol. The summed E-state index contributed by atoms with van der Waals surface area (Å²) in [6.07, 6.45) is 0.398. The predicted octanol–water partition coefficient (Wildman–Crippen LogP) is 2.34. The normalized spacial score (nSPS) is 13.7. The first-order valence-electron chi connectivity index (χ1n) is 6.64. The Kier molecular flexibility index (Phi) is 5.83. The number of benzene rings is 1. The smallest absolute Gasteiger partial charge is 0.258 e. The highest BCUT2D eigenvalue weighted by Gasteiger charge is 2.09. The minimum Gasteiger partial charge on any atom is -0.484 e. The standard InChI is InChI=1S/C15H23NO3/c1-5-11(3)16-15(18)9-19-14-7-6-13(12(4)17)8-10(14)2/h6-8,11-12,17H,5,9H2,1-4H3,(H,16,18)/t11?,12-/m0/s1. The van der Waals surface area contributed by atoms with Gasteiger partial charge in [0.2, 0.25) is 0 Å². The molecule has 0 aliphatic rings. The fraction of sp³-hybridized carbons (Fsp3) is 0.533. The monoisotopic (exact) mass is 265 g/mol. The summed E-state index contributed by atoms with van der Waals surface area (Å²) >= 11 is 0. The van der Waals surface area contributed by atoms with Crippen molar-refractivity contribution in [3.63, 3.8) is 0 Å². The highest BCUT2D eigenvalue weighted by molar-refractivity contribution is 5.77. The van der Waals surface area contributed by atoms with E-state index in [1.165, 1.54) is 0 Å². The Morgan fingerprint density at radius 1 is 1.42 bits per heavy atom. The van der Waals surface area contributed by atoms with Gasteiger partial charge in [0, 0.05) is 6.04 Å². The van der Waals surface area contributed by atoms with Crippen LogP contribution in [0.25, 0.3) is 0 Å². The fourth-order valence-corrected chi connectivity index (χ4v) is 1.66. The molecule has 0 saturated heterocycles. The number of aryl methyl sites for hydroxylation is 1. The van der Waals surface area contributed by atoms with Crippen LogP contribution >= 0.6 is 0 Å². The number of carbonyl (C=O) groups excluding carboxylic acids is 1. The van der Waals surface area contributed by atoms with Crippen LogP contribution in [-0.4, -0.2) is 23.7 Å². The van der Waals surface area contributed by atoms with E-state index in [0.29, 0.717) is 5.75 Å². The number of hydrogen-bond donors (Lipinski definition) is 2. The second-order valence-corrected chi connectivity index (χ2v) is 4.87. The van der Waals surface area contributed by atoms with E-state index in [1.54, 1.807) is 19.1 Å². The Hall–Kier alpha value is -1.55. The number of rotatable bonds is 6. The van der Waals surface area contributed by atoms with Crippen molar-refractivity contribution >= 4 is 5.91 Å². The van der Waals surface area contributed by atoms with E-state index in [1.807, 2.05) is 26.8 Å². The molecule has 2 atom stereocenters. The van der Waals surface area contributed by atoms with Crippen LogP contribution in [0.4, 0.5) is 0 Å². The van der Waals surface area contributed by atoms with Gasteiger partial charge in [-0.25, -0.2) is 0 Å². The van der Waals surface area contributed by atoms with Gasteiger partial charge < -0.3 is 15.2 Å². The van der Waals surface area contributed by atoms with Crippen LogP contribution in [0, 0.1) is 6.92 Å². The second kappa shape index (κ2) is 7.14. The molecule has 0 aliphatic carbocycles. The topological polar surface area (TPSA) is 58.6 Å². The first kappa shape index (κ1) is 15.5. The van der Waals surface area contributed by atoms with Crippen LogP contribution < -0.4 is 10.1 Å². The van der Waals surface area contributed by atoms with Gasteiger partial charge in [-0.15, -0.1) is 0 Å². The Morgan fingerprint density at radius 2 is 2.11 bits per heavy atom. The lowest BCUT2D eigenvalue weighted by atomic mass is 10.1. The first-order chi connectivity index (χ1) is 8.93. The quantitative estimate of drug-likeness (QED) is 0.830. The van der Waals surface area contributed by atoms with Gasteiger partial charge in [-0.3, -0.25) is 4.79 Å². The molecule has 4 nitrogen and oxygen atoms in total. The first-order valence-corrected chi connectivity index (χ1v) is 6.64. The molecule has 1 unspecified atom stereocenters. The molecule has 1 aromatic carbocycles. The molecule has 0 aromatic heterocycles. The van der Waals surface area contributed by atoms with Crippen molar-refractivity contribution in [1.82, 2.24) is 5.32 Å². The Labute approximate surface area is 114 Å². The Bertz CT molecular complexity index is 429. The van der Waals surface area contributed by atoms with Crippen LogP contribution in [0.5, 0.6) is 5.75 Å². The van der Waals surface area contributed by atoms with Crippen molar-refractivity contribution in [2.24, 2.45) is 0 Å². The summed E-state index contributed by atoms with van der Waals surface area (Å²) in [5.41, 5.74) is 1.75. The van der Waals surface area contributed by atoms with Gasteiger partial charge in [-0.1, -0.05) is 13.0 Å². The third-order valence-electron chi connectivity index (χ3n) is 3.06. The third-order valence-corrected chi connectivity index (χ3v) is 3.06. The molecule has 0 heterocycles. The summed E-state index contributed by atoms with van der Waals surface area (Å²) in [5.74, 6) is 0.553. The van der Waals surface area contributed by atoms with Crippen molar-refractivity contribution < 1.29 is 14.6 Å². The van der Waals surface area contributed by atoms with Gasteiger partial charge >= 0.3 is 0 Å². The van der Waals surface area contributed by atoms with E-state index in [4.69, 9.17) is 4.74 Å². The summed E-state index contributed by atoms with van der Waals surface area (Å²) in [5, 5.41) is 12.3. The third kappa shape index (κ3) is 4.91. The molecule has 0 aliphatic heterocycles. The zero-order valence-corrected chi connectivity index (χ0v) is 12.1. The minimum absolute atomic E-state index is 0.0131. The van der Waals surface area contributed by atoms with E-state index in [0.717, 1.165) is 17.5 Å². The maximum absolute atomic E-state index is 11.6. The Balaban J connectivity index is 2.56. The largest absolute Gasteiger partial charge is 0.484 e. The van der Waals surface area contributed by atoms with Crippen molar-refractivity contribution in [1.29, 1.82) is 0 Å². The number of aliphatic hydroxyl groups excluding tert-OH is 1. The lowest BCUT2D eigenvalue weighted by Crippen LogP contribution is -2.35. The number of hydrogen-bond acceptors (Lipinski definition) is 3. The molecule has 0 bridgehead atoms. The van der Waals surface area contributed by atoms with E-state index >= 15 is 0 Å². The molecule has 1 rings (SSSR count). The van der Waals surface area contributed by atoms with Crippen LogP contribution in [0.1, 0.15) is 44.4 Å². The van der Waals surface area contributed by atoms with Crippen LogP contribution in [0.3, 0.4) is 0 Å². The van der Waals surface area contributed by atoms with Crippen molar-refractivity contribution in [2.75, 3.05) is 6.61 Å². The van der Waals surface area contributed by atoms with Crippen molar-refractivity contribution in [3.8, 4) is 5.75 Å². The van der Waals surface area contributed by atoms with E-state index in [2.05, 4.69) is 5.32 Å². The minimum atomic E-state index is -0.499. The fourth-order valence-electron chi connectivity index (χ4n) is 1.66. The number of ether oxygens (including phenoxy) is 1. The van der Waals surface area contributed by atoms with Crippen LogP contribution in [0.2, 0.25) is 0 Å². The molecular formula is C15H23NO3. The molecule has 0 fully saturated rings. The van der Waals surface area contributed by atoms with Gasteiger partial charge in [0.05, 0.1) is 6.10 Å². The average Bonchev–Trinajstić information content (AvgIpc) is 2.36. The molecule has 0 saturated carbocycles. The molecule has 0 spiro atoms. The highest BCUT2D eigenvalue weighted by Crippen LogP contribution is 2.22. The number of nitrogens with one attached hydrogen (secondary N) is 1. The summed E-state index contributed by atoms with van der Waals surface area (Å²) in [4.78, 5) is 11.6. The highest BCUT2D eigenvalue weighted by atomic mass is 16.5. The van der Waals surface area contributed by atoms with Gasteiger partial charge in [0.15, 0.2) is 6.61 Å². The van der Waals surface area contributed by atoms with Crippen LogP contribution in [0.15, 0.2) is 18.2 Å². The van der Waals surface area contributed by atoms with Gasteiger partial charge in [-0.05, 0) is 50.5 Å². The molecule has 2 N–H and O–H groups in total. The number of carbonyl (C=O) groups is 1. The molecule has 1 amide bonds. The predicted molar refractivity (Wildman–Crippen MR) is 75.2 cm³/mol. The van der Waals surface area contributed by atoms with Crippen molar-refractivity contribution in [3.05, 3.63) is 29.3 Å². The number of amides is 1. The number of aliphatic hydroxyl groups is 1. The summed E-state index contributed by atoms with van der Waals surface area (Å²) < 4.78 is 5.49. The maximum atomic E-state index is 11.6. The zero-order chi connectivity index (χ0) is 14.4.